The first kappa shape index (κ1) is 10.4. The lowest BCUT2D eigenvalue weighted by molar-refractivity contribution is 0.396. The fourth-order valence-corrected chi connectivity index (χ4v) is 1.39. The average Bonchev–Trinajstić information content (AvgIpc) is 2.31. The van der Waals surface area contributed by atoms with E-state index >= 15 is 0 Å². The topological polar surface area (TPSA) is 42.4 Å². The van der Waals surface area contributed by atoms with Gasteiger partial charge in [0, 0.05) is 11.6 Å². The minimum absolute atomic E-state index is 0.144. The highest BCUT2D eigenvalue weighted by Crippen LogP contribution is 2.26. The van der Waals surface area contributed by atoms with Gasteiger partial charge >= 0.3 is 0 Å². The van der Waals surface area contributed by atoms with E-state index in [1.54, 1.807) is 12.1 Å². The van der Waals surface area contributed by atoms with Crippen molar-refractivity contribution in [2.75, 3.05) is 7.11 Å². The smallest absolute Gasteiger partial charge is 0.213 e. The predicted molar refractivity (Wildman–Crippen MR) is 57.8 cm³/mol. The Hall–Kier alpha value is -2.10. The molecule has 2 aromatic rings. The Kier molecular flexibility index (Phi) is 2.72. The van der Waals surface area contributed by atoms with Crippen LogP contribution >= 0.6 is 0 Å². The Balaban J connectivity index is 2.50. The third-order valence-electron chi connectivity index (χ3n) is 2.22. The van der Waals surface area contributed by atoms with Crippen LogP contribution in [0.4, 0.5) is 4.39 Å². The summed E-state index contributed by atoms with van der Waals surface area (Å²) in [5, 5.41) is 9.14. The van der Waals surface area contributed by atoms with E-state index in [-0.39, 0.29) is 5.75 Å². The Morgan fingerprint density at radius 2 is 1.94 bits per heavy atom. The van der Waals surface area contributed by atoms with Crippen molar-refractivity contribution >= 4 is 0 Å². The minimum atomic E-state index is -0.425. The lowest BCUT2D eigenvalue weighted by Crippen LogP contribution is -1.91. The van der Waals surface area contributed by atoms with Gasteiger partial charge in [-0.15, -0.1) is 0 Å². The van der Waals surface area contributed by atoms with Crippen molar-refractivity contribution in [2.45, 2.75) is 0 Å². The first-order valence-electron chi connectivity index (χ1n) is 4.69. The normalized spacial score (nSPS) is 10.1. The van der Waals surface area contributed by atoms with Gasteiger partial charge < -0.3 is 9.84 Å². The summed E-state index contributed by atoms with van der Waals surface area (Å²) in [6, 6.07) is 7.78. The van der Waals surface area contributed by atoms with Gasteiger partial charge in [-0.3, -0.25) is 0 Å². The number of aromatic hydroxyl groups is 1. The van der Waals surface area contributed by atoms with Crippen LogP contribution in [0, 0.1) is 5.82 Å². The number of pyridine rings is 1. The monoisotopic (exact) mass is 219 g/mol. The number of methoxy groups -OCH3 is 1. The van der Waals surface area contributed by atoms with Crippen molar-refractivity contribution in [3.8, 4) is 22.8 Å². The molecule has 0 saturated carbocycles. The van der Waals surface area contributed by atoms with E-state index < -0.39 is 5.82 Å². The molecule has 0 aliphatic rings. The van der Waals surface area contributed by atoms with Gasteiger partial charge in [0.1, 0.15) is 11.6 Å². The highest BCUT2D eigenvalue weighted by atomic mass is 19.1. The van der Waals surface area contributed by atoms with E-state index in [1.807, 2.05) is 0 Å². The van der Waals surface area contributed by atoms with Crippen LogP contribution in [0.3, 0.4) is 0 Å². The van der Waals surface area contributed by atoms with Gasteiger partial charge in [-0.25, -0.2) is 9.37 Å². The molecule has 3 nitrogen and oxygen atoms in total. The summed E-state index contributed by atoms with van der Waals surface area (Å²) in [5.74, 6) is 0.0705. The number of benzene rings is 1. The van der Waals surface area contributed by atoms with Crippen LogP contribution in [0.1, 0.15) is 0 Å². The number of rotatable bonds is 2. The lowest BCUT2D eigenvalue weighted by Gasteiger charge is -2.05. The van der Waals surface area contributed by atoms with Gasteiger partial charge in [0.05, 0.1) is 13.3 Å². The number of hydrogen-bond donors (Lipinski definition) is 1. The molecule has 0 saturated heterocycles. The molecule has 0 spiro atoms. The van der Waals surface area contributed by atoms with Crippen LogP contribution in [0.25, 0.3) is 11.1 Å². The van der Waals surface area contributed by atoms with E-state index in [0.717, 1.165) is 6.20 Å². The fourth-order valence-electron chi connectivity index (χ4n) is 1.39. The highest BCUT2D eigenvalue weighted by molar-refractivity contribution is 5.65. The zero-order valence-electron chi connectivity index (χ0n) is 8.64. The maximum Gasteiger partial charge on any atom is 0.213 e. The second kappa shape index (κ2) is 4.18. The van der Waals surface area contributed by atoms with E-state index in [9.17, 15) is 4.39 Å². The van der Waals surface area contributed by atoms with Crippen molar-refractivity contribution < 1.29 is 14.2 Å². The van der Waals surface area contributed by atoms with Crippen molar-refractivity contribution in [1.82, 2.24) is 4.98 Å². The molecule has 16 heavy (non-hydrogen) atoms. The molecule has 0 radical (unpaired) electrons. The second-order valence-electron chi connectivity index (χ2n) is 3.25. The summed E-state index contributed by atoms with van der Waals surface area (Å²) < 4.78 is 18.4. The van der Waals surface area contributed by atoms with Gasteiger partial charge in [0.2, 0.25) is 5.88 Å². The number of phenolic OH excluding ortho intramolecular Hbond substituents is 1. The third kappa shape index (κ3) is 1.95. The molecule has 0 aliphatic heterocycles. The molecule has 82 valence electrons. The number of ether oxygens (including phenoxy) is 1. The van der Waals surface area contributed by atoms with Crippen molar-refractivity contribution in [3.63, 3.8) is 0 Å². The maximum absolute atomic E-state index is 13.5. The summed E-state index contributed by atoms with van der Waals surface area (Å²) >= 11 is 0. The summed E-state index contributed by atoms with van der Waals surface area (Å²) in [6.45, 7) is 0. The molecule has 0 fully saturated rings. The Bertz CT molecular complexity index is 497. The van der Waals surface area contributed by atoms with Crippen LogP contribution in [-0.4, -0.2) is 17.2 Å². The number of aromatic nitrogens is 1. The first-order chi connectivity index (χ1) is 7.70. The van der Waals surface area contributed by atoms with E-state index in [0.29, 0.717) is 17.0 Å². The summed E-state index contributed by atoms with van der Waals surface area (Å²) in [5.41, 5.74) is 1.06. The summed E-state index contributed by atoms with van der Waals surface area (Å²) in [4.78, 5) is 3.75. The molecule has 2 rings (SSSR count). The van der Waals surface area contributed by atoms with Crippen LogP contribution in [0.5, 0.6) is 11.6 Å². The molecule has 0 aliphatic carbocycles. The van der Waals surface area contributed by atoms with Crippen LogP contribution in [0.2, 0.25) is 0 Å². The number of hydrogen-bond acceptors (Lipinski definition) is 3. The van der Waals surface area contributed by atoms with Gasteiger partial charge in [-0.1, -0.05) is 12.1 Å². The van der Waals surface area contributed by atoms with Crippen molar-refractivity contribution in [1.29, 1.82) is 0 Å². The zero-order valence-corrected chi connectivity index (χ0v) is 8.64. The average molecular weight is 219 g/mol. The lowest BCUT2D eigenvalue weighted by atomic mass is 10.1. The molecule has 1 heterocycles. The quantitative estimate of drug-likeness (QED) is 0.844. The fraction of sp³-hybridized carbons (Fsp3) is 0.0833. The molecule has 1 aromatic heterocycles. The Morgan fingerprint density at radius 3 is 2.56 bits per heavy atom. The van der Waals surface area contributed by atoms with Crippen molar-refractivity contribution in [2.24, 2.45) is 0 Å². The van der Waals surface area contributed by atoms with Gasteiger partial charge in [0.15, 0.2) is 0 Å². The maximum atomic E-state index is 13.5. The molecule has 0 unspecified atom stereocenters. The van der Waals surface area contributed by atoms with Crippen LogP contribution in [0.15, 0.2) is 36.5 Å². The SMILES string of the molecule is COc1cc(-c2ccc(O)cc2)c(F)cn1. The molecular weight excluding hydrogens is 209 g/mol. The molecule has 0 bridgehead atoms. The van der Waals surface area contributed by atoms with Gasteiger partial charge in [-0.2, -0.15) is 0 Å². The second-order valence-corrected chi connectivity index (χ2v) is 3.25. The summed E-state index contributed by atoms with van der Waals surface area (Å²) in [7, 11) is 1.47. The molecule has 1 N–H and O–H groups in total. The van der Waals surface area contributed by atoms with E-state index in [2.05, 4.69) is 4.98 Å². The molecule has 0 atom stereocenters. The Morgan fingerprint density at radius 1 is 1.25 bits per heavy atom. The number of phenols is 1. The van der Waals surface area contributed by atoms with Crippen LogP contribution in [-0.2, 0) is 0 Å². The minimum Gasteiger partial charge on any atom is -0.508 e. The molecular formula is C12H10FNO2. The summed E-state index contributed by atoms with van der Waals surface area (Å²) in [6.07, 6.45) is 1.11. The number of nitrogens with zero attached hydrogens (tertiary/aromatic N) is 1. The molecule has 4 heteroatoms. The molecule has 1 aromatic carbocycles. The Labute approximate surface area is 92.1 Å². The molecule has 0 amide bonds. The highest BCUT2D eigenvalue weighted by Gasteiger charge is 2.07. The third-order valence-corrected chi connectivity index (χ3v) is 2.22. The van der Waals surface area contributed by atoms with E-state index in [4.69, 9.17) is 9.84 Å². The first-order valence-corrected chi connectivity index (χ1v) is 4.69. The standard InChI is InChI=1S/C12H10FNO2/c1-16-12-6-10(11(13)7-14-12)8-2-4-9(15)5-3-8/h2-7,15H,1H3. The zero-order chi connectivity index (χ0) is 11.5. The predicted octanol–water partition coefficient (Wildman–Crippen LogP) is 2.60. The van der Waals surface area contributed by atoms with Crippen molar-refractivity contribution in [3.05, 3.63) is 42.3 Å². The van der Waals surface area contributed by atoms with Crippen LogP contribution < -0.4 is 4.74 Å². The largest absolute Gasteiger partial charge is 0.508 e. The van der Waals surface area contributed by atoms with E-state index in [1.165, 1.54) is 25.3 Å². The number of halogens is 1. The van der Waals surface area contributed by atoms with Gasteiger partial charge in [-0.05, 0) is 17.7 Å². The van der Waals surface area contributed by atoms with Gasteiger partial charge in [0.25, 0.3) is 0 Å².